The quantitative estimate of drug-likeness (QED) is 0.279. The molecule has 0 amide bonds. The first-order valence-electron chi connectivity index (χ1n) is 10.7. The molecule has 0 aliphatic heterocycles. The van der Waals surface area contributed by atoms with Crippen molar-refractivity contribution in [1.82, 2.24) is 10.1 Å². The molecule has 34 heavy (non-hydrogen) atoms. The third-order valence-corrected chi connectivity index (χ3v) is 6.73. The number of nitrogens with zero attached hydrogens (tertiary/aromatic N) is 2. The summed E-state index contributed by atoms with van der Waals surface area (Å²) in [7, 11) is 0. The van der Waals surface area contributed by atoms with Crippen LogP contribution in [0.1, 0.15) is 38.8 Å². The van der Waals surface area contributed by atoms with Crippen molar-refractivity contribution in [2.45, 2.75) is 19.4 Å². The maximum Gasteiger partial charge on any atom is 0.345 e. The monoisotopic (exact) mass is 473 g/mol. The normalized spacial score (nSPS) is 12.1. The number of carbonyl (C=O) groups is 1. The van der Waals surface area contributed by atoms with E-state index in [1.807, 2.05) is 31.2 Å². The van der Waals surface area contributed by atoms with E-state index in [2.05, 4.69) is 33.7 Å². The van der Waals surface area contributed by atoms with Gasteiger partial charge in [0.1, 0.15) is 10.7 Å². The van der Waals surface area contributed by atoms with Crippen LogP contribution in [0.25, 0.3) is 22.2 Å². The molecule has 0 fully saturated rings. The smallest absolute Gasteiger partial charge is 0.345 e. The summed E-state index contributed by atoms with van der Waals surface area (Å²) in [5.74, 6) is -0.778. The number of anilines is 1. The van der Waals surface area contributed by atoms with Gasteiger partial charge in [-0.15, -0.1) is 11.3 Å². The van der Waals surface area contributed by atoms with Gasteiger partial charge in [-0.05, 0) is 53.6 Å². The number of halogens is 1. The molecule has 5 rings (SSSR count). The topological polar surface area (TPSA) is 88.2 Å². The van der Waals surface area contributed by atoms with E-state index in [1.165, 1.54) is 12.1 Å². The van der Waals surface area contributed by atoms with E-state index < -0.39 is 11.8 Å². The number of rotatable bonds is 7. The molecule has 0 spiro atoms. The fourth-order valence-corrected chi connectivity index (χ4v) is 4.64. The largest absolute Gasteiger partial charge is 0.477 e. The molecule has 0 aliphatic rings. The summed E-state index contributed by atoms with van der Waals surface area (Å²) < 4.78 is 20.3. The predicted molar refractivity (Wildman–Crippen MR) is 130 cm³/mol. The lowest BCUT2D eigenvalue weighted by Crippen LogP contribution is -2.00. The minimum atomic E-state index is -0.971. The zero-order valence-corrected chi connectivity index (χ0v) is 19.0. The number of aromatic nitrogens is 2. The second-order valence-electron chi connectivity index (χ2n) is 7.87. The van der Waals surface area contributed by atoms with Crippen LogP contribution < -0.4 is 5.32 Å². The Labute approximate surface area is 198 Å². The molecule has 0 bridgehead atoms. The van der Waals surface area contributed by atoms with Crippen LogP contribution in [-0.4, -0.2) is 21.2 Å². The van der Waals surface area contributed by atoms with Crippen molar-refractivity contribution in [3.05, 3.63) is 99.8 Å². The Kier molecular flexibility index (Phi) is 5.81. The van der Waals surface area contributed by atoms with Crippen molar-refractivity contribution in [3.8, 4) is 11.4 Å². The van der Waals surface area contributed by atoms with Gasteiger partial charge in [0.05, 0.1) is 11.6 Å². The number of nitrogens with one attached hydrogen (secondary N) is 1. The summed E-state index contributed by atoms with van der Waals surface area (Å²) in [5, 5.41) is 18.4. The summed E-state index contributed by atoms with van der Waals surface area (Å²) in [6, 6.07) is 22.2. The SMILES string of the molecule is CC(c1nc(-c2ccc(NCc3ccc(C(=O)O)s3)c(F)c2)no1)c1cccc2ccccc12. The second-order valence-corrected chi connectivity index (χ2v) is 9.03. The molecule has 1 unspecified atom stereocenters. The molecule has 0 aliphatic carbocycles. The average Bonchev–Trinajstić information content (AvgIpc) is 3.53. The highest BCUT2D eigenvalue weighted by molar-refractivity contribution is 7.13. The van der Waals surface area contributed by atoms with Gasteiger partial charge in [0.25, 0.3) is 0 Å². The Morgan fingerprint density at radius 1 is 1.12 bits per heavy atom. The van der Waals surface area contributed by atoms with E-state index in [4.69, 9.17) is 9.63 Å². The van der Waals surface area contributed by atoms with Gasteiger partial charge in [0.15, 0.2) is 0 Å². The lowest BCUT2D eigenvalue weighted by atomic mass is 9.95. The van der Waals surface area contributed by atoms with E-state index >= 15 is 0 Å². The number of hydrogen-bond acceptors (Lipinski definition) is 6. The highest BCUT2D eigenvalue weighted by atomic mass is 32.1. The first-order valence-corrected chi connectivity index (χ1v) is 11.5. The van der Waals surface area contributed by atoms with Gasteiger partial charge >= 0.3 is 5.97 Å². The van der Waals surface area contributed by atoms with Gasteiger partial charge in [0, 0.05) is 17.0 Å². The molecule has 0 saturated carbocycles. The van der Waals surface area contributed by atoms with Gasteiger partial charge in [-0.2, -0.15) is 4.98 Å². The van der Waals surface area contributed by atoms with Crippen molar-refractivity contribution < 1.29 is 18.8 Å². The molecule has 6 nitrogen and oxygen atoms in total. The van der Waals surface area contributed by atoms with Crippen LogP contribution >= 0.6 is 11.3 Å². The Morgan fingerprint density at radius 2 is 1.94 bits per heavy atom. The molecule has 3 aromatic carbocycles. The molecular weight excluding hydrogens is 453 g/mol. The van der Waals surface area contributed by atoms with Crippen molar-refractivity contribution in [2.75, 3.05) is 5.32 Å². The van der Waals surface area contributed by atoms with Gasteiger partial charge in [-0.3, -0.25) is 0 Å². The van der Waals surface area contributed by atoms with Crippen LogP contribution in [-0.2, 0) is 6.54 Å². The number of aromatic carboxylic acids is 1. The van der Waals surface area contributed by atoms with Crippen LogP contribution in [0.15, 0.2) is 77.3 Å². The van der Waals surface area contributed by atoms with Crippen molar-refractivity contribution in [3.63, 3.8) is 0 Å². The van der Waals surface area contributed by atoms with E-state index in [0.717, 1.165) is 32.5 Å². The van der Waals surface area contributed by atoms with Gasteiger partial charge in [0.2, 0.25) is 11.7 Å². The summed E-state index contributed by atoms with van der Waals surface area (Å²) >= 11 is 1.15. The molecular formula is C26H20FN3O3S. The van der Waals surface area contributed by atoms with Gasteiger partial charge < -0.3 is 14.9 Å². The minimum Gasteiger partial charge on any atom is -0.477 e. The first-order chi connectivity index (χ1) is 16.5. The van der Waals surface area contributed by atoms with Crippen molar-refractivity contribution in [2.24, 2.45) is 0 Å². The molecule has 2 heterocycles. The predicted octanol–water partition coefficient (Wildman–Crippen LogP) is 6.55. The number of fused-ring (bicyclic) bond motifs is 1. The zero-order valence-electron chi connectivity index (χ0n) is 18.2. The van der Waals surface area contributed by atoms with Gasteiger partial charge in [-0.25, -0.2) is 9.18 Å². The highest BCUT2D eigenvalue weighted by Crippen LogP contribution is 2.31. The van der Waals surface area contributed by atoms with Crippen LogP contribution in [0.5, 0.6) is 0 Å². The molecule has 5 aromatic rings. The van der Waals surface area contributed by atoms with Crippen LogP contribution in [0.4, 0.5) is 10.1 Å². The summed E-state index contributed by atoms with van der Waals surface area (Å²) in [6.07, 6.45) is 0. The molecule has 8 heteroatoms. The standard InChI is InChI=1S/C26H20FN3O3S/c1-15(19-8-4-6-16-5-2-3-7-20(16)19)25-29-24(30-33-25)17-9-11-22(21(27)13-17)28-14-18-10-12-23(34-18)26(31)32/h2-13,15,28H,14H2,1H3,(H,31,32). The Bertz CT molecular complexity index is 1490. The van der Waals surface area contributed by atoms with E-state index in [-0.39, 0.29) is 10.8 Å². The number of carboxylic acid groups (broad SMARTS) is 1. The summed E-state index contributed by atoms with van der Waals surface area (Å²) in [5.41, 5.74) is 1.90. The summed E-state index contributed by atoms with van der Waals surface area (Å²) in [4.78, 5) is 16.6. The Hall–Kier alpha value is -4.04. The molecule has 2 aromatic heterocycles. The lowest BCUT2D eigenvalue weighted by molar-refractivity contribution is 0.0702. The number of thiophene rings is 1. The molecule has 170 valence electrons. The molecule has 0 saturated heterocycles. The fraction of sp³-hybridized carbons (Fsp3) is 0.115. The van der Waals surface area contributed by atoms with E-state index in [9.17, 15) is 9.18 Å². The van der Waals surface area contributed by atoms with Gasteiger partial charge in [-0.1, -0.05) is 47.6 Å². The second kappa shape index (κ2) is 9.07. The first kappa shape index (κ1) is 21.8. The third-order valence-electron chi connectivity index (χ3n) is 5.65. The number of carboxylic acids is 1. The van der Waals surface area contributed by atoms with E-state index in [1.54, 1.807) is 18.2 Å². The lowest BCUT2D eigenvalue weighted by Gasteiger charge is -2.10. The van der Waals surface area contributed by atoms with Crippen LogP contribution in [0.2, 0.25) is 0 Å². The number of benzene rings is 3. The van der Waals surface area contributed by atoms with E-state index in [0.29, 0.717) is 29.5 Å². The van der Waals surface area contributed by atoms with Crippen LogP contribution in [0, 0.1) is 5.82 Å². The molecule has 1 atom stereocenters. The minimum absolute atomic E-state index is 0.125. The van der Waals surface area contributed by atoms with Crippen molar-refractivity contribution in [1.29, 1.82) is 0 Å². The fourth-order valence-electron chi connectivity index (χ4n) is 3.86. The Balaban J connectivity index is 1.33. The number of hydrogen-bond donors (Lipinski definition) is 2. The third kappa shape index (κ3) is 4.27. The maximum absolute atomic E-state index is 14.7. The molecule has 0 radical (unpaired) electrons. The molecule has 2 N–H and O–H groups in total. The Morgan fingerprint density at radius 3 is 2.74 bits per heavy atom. The average molecular weight is 474 g/mol. The zero-order chi connectivity index (χ0) is 23.7. The van der Waals surface area contributed by atoms with Crippen LogP contribution in [0.3, 0.4) is 0 Å². The maximum atomic E-state index is 14.7. The highest BCUT2D eigenvalue weighted by Gasteiger charge is 2.19. The van der Waals surface area contributed by atoms with Crippen molar-refractivity contribution >= 4 is 33.8 Å². The summed E-state index contributed by atoms with van der Waals surface area (Å²) in [6.45, 7) is 2.33.